The Morgan fingerprint density at radius 2 is 2.06 bits per heavy atom. The van der Waals surface area contributed by atoms with Crippen molar-refractivity contribution in [3.8, 4) is 5.69 Å². The van der Waals surface area contributed by atoms with Gasteiger partial charge in [0.25, 0.3) is 0 Å². The van der Waals surface area contributed by atoms with Gasteiger partial charge in [0.15, 0.2) is 10.4 Å². The van der Waals surface area contributed by atoms with Gasteiger partial charge in [-0.15, -0.1) is 0 Å². The standard InChI is InChI=1S/C12H7F2N3S/c13-7-3-4-10(8(14)6-7)17-11-9(16-12(17)18)2-1-5-15-11/h1-6H,(H,16,18). The Labute approximate surface area is 106 Å². The molecule has 0 saturated carbocycles. The summed E-state index contributed by atoms with van der Waals surface area (Å²) in [4.78, 5) is 7.07. The number of imidazole rings is 1. The van der Waals surface area contributed by atoms with Gasteiger partial charge in [-0.3, -0.25) is 4.57 Å². The number of H-pyrrole nitrogens is 1. The fourth-order valence-corrected chi connectivity index (χ4v) is 2.12. The lowest BCUT2D eigenvalue weighted by atomic mass is 10.3. The van der Waals surface area contributed by atoms with Gasteiger partial charge in [0.2, 0.25) is 0 Å². The summed E-state index contributed by atoms with van der Waals surface area (Å²) in [5.41, 5.74) is 1.38. The number of benzene rings is 1. The summed E-state index contributed by atoms with van der Waals surface area (Å²) in [6, 6.07) is 6.87. The van der Waals surface area contributed by atoms with Gasteiger partial charge in [0.1, 0.15) is 11.6 Å². The Kier molecular flexibility index (Phi) is 2.45. The first-order valence-corrected chi connectivity index (χ1v) is 5.59. The summed E-state index contributed by atoms with van der Waals surface area (Å²) in [6.45, 7) is 0. The van der Waals surface area contributed by atoms with Gasteiger partial charge in [0, 0.05) is 12.3 Å². The molecule has 0 fully saturated rings. The van der Waals surface area contributed by atoms with Crippen LogP contribution in [0.5, 0.6) is 0 Å². The first-order chi connectivity index (χ1) is 8.66. The average molecular weight is 263 g/mol. The SMILES string of the molecule is Fc1ccc(-n2c(=S)[nH]c3cccnc32)c(F)c1. The highest BCUT2D eigenvalue weighted by atomic mass is 32.1. The van der Waals surface area contributed by atoms with Crippen LogP contribution in [0.2, 0.25) is 0 Å². The van der Waals surface area contributed by atoms with E-state index in [0.29, 0.717) is 15.9 Å². The van der Waals surface area contributed by atoms with Crippen LogP contribution in [-0.4, -0.2) is 14.5 Å². The number of aromatic amines is 1. The van der Waals surface area contributed by atoms with E-state index in [1.54, 1.807) is 18.3 Å². The van der Waals surface area contributed by atoms with Crippen LogP contribution >= 0.6 is 12.2 Å². The van der Waals surface area contributed by atoms with Gasteiger partial charge < -0.3 is 4.98 Å². The molecule has 3 aromatic rings. The molecule has 1 N–H and O–H groups in total. The molecule has 18 heavy (non-hydrogen) atoms. The Hall–Kier alpha value is -2.08. The van der Waals surface area contributed by atoms with Crippen LogP contribution < -0.4 is 0 Å². The normalized spacial score (nSPS) is 11.0. The Bertz CT molecular complexity index is 791. The zero-order chi connectivity index (χ0) is 12.7. The van der Waals surface area contributed by atoms with E-state index in [-0.39, 0.29) is 5.69 Å². The molecule has 0 atom stereocenters. The number of aromatic nitrogens is 3. The Balaban J connectivity index is 2.38. The highest BCUT2D eigenvalue weighted by molar-refractivity contribution is 7.71. The quantitative estimate of drug-likeness (QED) is 0.683. The van der Waals surface area contributed by atoms with Crippen molar-refractivity contribution in [1.29, 1.82) is 0 Å². The Morgan fingerprint density at radius 3 is 2.83 bits per heavy atom. The smallest absolute Gasteiger partial charge is 0.184 e. The van der Waals surface area contributed by atoms with Gasteiger partial charge in [-0.1, -0.05) is 0 Å². The molecule has 0 spiro atoms. The molecule has 2 heterocycles. The van der Waals surface area contributed by atoms with Crippen molar-refractivity contribution in [2.45, 2.75) is 0 Å². The van der Waals surface area contributed by atoms with Crippen LogP contribution in [0.4, 0.5) is 8.78 Å². The predicted molar refractivity (Wildman–Crippen MR) is 66.2 cm³/mol. The third kappa shape index (κ3) is 1.62. The van der Waals surface area contributed by atoms with Crippen molar-refractivity contribution in [1.82, 2.24) is 14.5 Å². The minimum atomic E-state index is -0.683. The first kappa shape index (κ1) is 11.0. The third-order valence-corrected chi connectivity index (χ3v) is 2.88. The van der Waals surface area contributed by atoms with E-state index < -0.39 is 11.6 Å². The van der Waals surface area contributed by atoms with E-state index in [1.165, 1.54) is 16.7 Å². The fraction of sp³-hybridized carbons (Fsp3) is 0. The second-order valence-electron chi connectivity index (χ2n) is 3.74. The first-order valence-electron chi connectivity index (χ1n) is 5.18. The molecule has 0 saturated heterocycles. The molecule has 0 radical (unpaired) electrons. The van der Waals surface area contributed by atoms with Crippen molar-refractivity contribution in [2.24, 2.45) is 0 Å². The number of fused-ring (bicyclic) bond motifs is 1. The lowest BCUT2D eigenvalue weighted by Crippen LogP contribution is -1.99. The van der Waals surface area contributed by atoms with E-state index >= 15 is 0 Å². The van der Waals surface area contributed by atoms with Crippen molar-refractivity contribution in [2.75, 3.05) is 0 Å². The molecule has 0 amide bonds. The average Bonchev–Trinajstić information content (AvgIpc) is 2.66. The summed E-state index contributed by atoms with van der Waals surface area (Å²) < 4.78 is 28.4. The lowest BCUT2D eigenvalue weighted by Gasteiger charge is -2.05. The van der Waals surface area contributed by atoms with E-state index in [2.05, 4.69) is 9.97 Å². The van der Waals surface area contributed by atoms with Crippen LogP contribution in [0, 0.1) is 16.4 Å². The molecule has 2 aromatic heterocycles. The van der Waals surface area contributed by atoms with Crippen molar-refractivity contribution < 1.29 is 8.78 Å². The van der Waals surface area contributed by atoms with Crippen molar-refractivity contribution >= 4 is 23.4 Å². The maximum absolute atomic E-state index is 13.8. The molecule has 0 aliphatic rings. The number of hydrogen-bond donors (Lipinski definition) is 1. The van der Waals surface area contributed by atoms with Gasteiger partial charge in [-0.25, -0.2) is 13.8 Å². The van der Waals surface area contributed by atoms with E-state index in [9.17, 15) is 8.78 Å². The summed E-state index contributed by atoms with van der Waals surface area (Å²) in [5.74, 6) is -1.31. The second-order valence-corrected chi connectivity index (χ2v) is 4.12. The summed E-state index contributed by atoms with van der Waals surface area (Å²) in [5, 5.41) is 0. The van der Waals surface area contributed by atoms with Gasteiger partial charge >= 0.3 is 0 Å². The van der Waals surface area contributed by atoms with Crippen LogP contribution in [0.15, 0.2) is 36.5 Å². The fourth-order valence-electron chi connectivity index (χ4n) is 1.83. The zero-order valence-corrected chi connectivity index (χ0v) is 9.84. The van der Waals surface area contributed by atoms with Gasteiger partial charge in [-0.2, -0.15) is 0 Å². The van der Waals surface area contributed by atoms with Crippen molar-refractivity contribution in [3.05, 3.63) is 52.9 Å². The van der Waals surface area contributed by atoms with E-state index in [4.69, 9.17) is 12.2 Å². The largest absolute Gasteiger partial charge is 0.329 e. The minimum absolute atomic E-state index is 0.173. The molecule has 0 bridgehead atoms. The highest BCUT2D eigenvalue weighted by Gasteiger charge is 2.11. The number of nitrogens with one attached hydrogen (secondary N) is 1. The van der Waals surface area contributed by atoms with Crippen LogP contribution in [0.1, 0.15) is 0 Å². The molecule has 3 rings (SSSR count). The van der Waals surface area contributed by atoms with Crippen molar-refractivity contribution in [3.63, 3.8) is 0 Å². The number of pyridine rings is 1. The number of halogens is 2. The molecule has 1 aromatic carbocycles. The van der Waals surface area contributed by atoms with Crippen LogP contribution in [0.25, 0.3) is 16.9 Å². The molecule has 90 valence electrons. The predicted octanol–water partition coefficient (Wildman–Crippen LogP) is 3.36. The minimum Gasteiger partial charge on any atom is -0.329 e. The lowest BCUT2D eigenvalue weighted by molar-refractivity contribution is 0.578. The van der Waals surface area contributed by atoms with E-state index in [0.717, 1.165) is 6.07 Å². The van der Waals surface area contributed by atoms with E-state index in [1.807, 2.05) is 0 Å². The zero-order valence-electron chi connectivity index (χ0n) is 9.02. The topological polar surface area (TPSA) is 33.6 Å². The molecule has 3 nitrogen and oxygen atoms in total. The maximum atomic E-state index is 13.8. The summed E-state index contributed by atoms with van der Waals surface area (Å²) in [7, 11) is 0. The molecular formula is C12H7F2N3S. The number of hydrogen-bond acceptors (Lipinski definition) is 2. The highest BCUT2D eigenvalue weighted by Crippen LogP contribution is 2.20. The Morgan fingerprint density at radius 1 is 1.22 bits per heavy atom. The summed E-state index contributed by atoms with van der Waals surface area (Å²) >= 11 is 5.13. The summed E-state index contributed by atoms with van der Waals surface area (Å²) in [6.07, 6.45) is 1.59. The van der Waals surface area contributed by atoms with Gasteiger partial charge in [0.05, 0.1) is 11.2 Å². The molecule has 0 unspecified atom stereocenters. The third-order valence-electron chi connectivity index (χ3n) is 2.59. The van der Waals surface area contributed by atoms with Gasteiger partial charge in [-0.05, 0) is 36.5 Å². The monoisotopic (exact) mass is 263 g/mol. The van der Waals surface area contributed by atoms with Crippen LogP contribution in [-0.2, 0) is 0 Å². The molecule has 0 aliphatic carbocycles. The maximum Gasteiger partial charge on any atom is 0.184 e. The molecule has 6 heteroatoms. The van der Waals surface area contributed by atoms with Crippen LogP contribution in [0.3, 0.4) is 0 Å². The number of rotatable bonds is 1. The molecular weight excluding hydrogens is 256 g/mol. The number of nitrogens with zero attached hydrogens (tertiary/aromatic N) is 2. The molecule has 0 aliphatic heterocycles. The second kappa shape index (κ2) is 3.99.